The Labute approximate surface area is 179 Å². The van der Waals surface area contributed by atoms with Gasteiger partial charge in [0.15, 0.2) is 5.69 Å². The molecule has 2 heterocycles. The molecule has 0 bridgehead atoms. The van der Waals surface area contributed by atoms with Crippen molar-refractivity contribution in [3.05, 3.63) is 94.7 Å². The number of hydrogen-bond donors (Lipinski definition) is 1. The molecule has 4 aromatic rings. The summed E-state index contributed by atoms with van der Waals surface area (Å²) >= 11 is 0. The minimum atomic E-state index is -3.75. The van der Waals surface area contributed by atoms with E-state index in [1.807, 2.05) is 67.2 Å². The maximum atomic E-state index is 13.0. The minimum absolute atomic E-state index is 0.0417. The third kappa shape index (κ3) is 3.88. The lowest BCUT2D eigenvalue weighted by molar-refractivity contribution is 0.598. The predicted octanol–water partition coefficient (Wildman–Crippen LogP) is 2.67. The van der Waals surface area contributed by atoms with Crippen LogP contribution in [0.3, 0.4) is 0 Å². The molecule has 0 aliphatic carbocycles. The van der Waals surface area contributed by atoms with Crippen LogP contribution in [0, 0.1) is 6.92 Å². The van der Waals surface area contributed by atoms with Crippen molar-refractivity contribution >= 4 is 21.9 Å². The Bertz CT molecular complexity index is 1430. The van der Waals surface area contributed by atoms with Crippen molar-refractivity contribution in [1.82, 2.24) is 13.9 Å². The van der Waals surface area contributed by atoms with E-state index < -0.39 is 10.0 Å². The Morgan fingerprint density at radius 3 is 2.26 bits per heavy atom. The van der Waals surface area contributed by atoms with Crippen LogP contribution in [-0.4, -0.2) is 28.6 Å². The summed E-state index contributed by atoms with van der Waals surface area (Å²) in [5.74, 6) is 0. The second-order valence-corrected chi connectivity index (χ2v) is 8.57. The van der Waals surface area contributed by atoms with Gasteiger partial charge in [-0.3, -0.25) is 9.48 Å². The normalized spacial score (nSPS) is 12.0. The number of aromatic nitrogens is 3. The lowest BCUT2D eigenvalue weighted by Crippen LogP contribution is -2.19. The van der Waals surface area contributed by atoms with Gasteiger partial charge in [0.05, 0.1) is 28.2 Å². The first-order valence-electron chi connectivity index (χ1n) is 9.46. The van der Waals surface area contributed by atoms with Gasteiger partial charge in [0, 0.05) is 18.9 Å². The van der Waals surface area contributed by atoms with Gasteiger partial charge in [-0.1, -0.05) is 18.2 Å². The van der Waals surface area contributed by atoms with E-state index >= 15 is 0 Å². The summed E-state index contributed by atoms with van der Waals surface area (Å²) in [6.07, 6.45) is 3.44. The molecule has 4 rings (SSSR count). The molecule has 0 atom stereocenters. The van der Waals surface area contributed by atoms with Crippen LogP contribution >= 0.6 is 0 Å². The largest absolute Gasteiger partial charge is 0.316 e. The molecule has 2 aromatic heterocycles. The van der Waals surface area contributed by atoms with Crippen molar-refractivity contribution in [3.63, 3.8) is 0 Å². The zero-order valence-corrected chi connectivity index (χ0v) is 17.8. The van der Waals surface area contributed by atoms with Crippen LogP contribution in [-0.2, 0) is 17.1 Å². The number of hydrogen-bond acceptors (Lipinski definition) is 4. The molecule has 0 saturated carbocycles. The highest BCUT2D eigenvalue weighted by Gasteiger charge is 2.15. The van der Waals surface area contributed by atoms with E-state index in [2.05, 4.69) is 4.99 Å². The number of benzene rings is 2. The molecular formula is C22H21N5O3S. The quantitative estimate of drug-likeness (QED) is 0.487. The zero-order valence-electron chi connectivity index (χ0n) is 17.0. The summed E-state index contributed by atoms with van der Waals surface area (Å²) in [7, 11) is -1.94. The molecule has 0 aliphatic heterocycles. The molecule has 158 valence electrons. The first-order chi connectivity index (χ1) is 14.8. The fraction of sp³-hybridized carbons (Fsp3) is 0.0909. The van der Waals surface area contributed by atoms with Crippen LogP contribution in [0.1, 0.15) is 11.4 Å². The van der Waals surface area contributed by atoms with Gasteiger partial charge in [-0.25, -0.2) is 23.2 Å². The molecule has 0 spiro atoms. The number of primary sulfonamides is 1. The van der Waals surface area contributed by atoms with Crippen LogP contribution in [0.4, 0.5) is 5.69 Å². The van der Waals surface area contributed by atoms with Crippen molar-refractivity contribution in [2.75, 3.05) is 0 Å². The Balaban J connectivity index is 1.71. The zero-order chi connectivity index (χ0) is 22.2. The van der Waals surface area contributed by atoms with Crippen LogP contribution in [0.15, 0.2) is 87.6 Å². The summed E-state index contributed by atoms with van der Waals surface area (Å²) < 4.78 is 28.1. The molecule has 2 N–H and O–H groups in total. The predicted molar refractivity (Wildman–Crippen MR) is 120 cm³/mol. The second-order valence-electron chi connectivity index (χ2n) is 7.01. The Morgan fingerprint density at radius 1 is 0.935 bits per heavy atom. The van der Waals surface area contributed by atoms with Gasteiger partial charge in [0.25, 0.3) is 5.56 Å². The molecule has 31 heavy (non-hydrogen) atoms. The first kappa shape index (κ1) is 20.6. The summed E-state index contributed by atoms with van der Waals surface area (Å²) in [5, 5.41) is 5.16. The topological polar surface area (TPSA) is 104 Å². The van der Waals surface area contributed by atoms with Crippen LogP contribution < -0.4 is 10.7 Å². The van der Waals surface area contributed by atoms with Gasteiger partial charge in [-0.05, 0) is 55.5 Å². The van der Waals surface area contributed by atoms with Crippen molar-refractivity contribution < 1.29 is 8.42 Å². The Hall–Kier alpha value is -3.69. The van der Waals surface area contributed by atoms with E-state index in [-0.39, 0.29) is 10.5 Å². The standard InChI is InChI=1S/C22H21N5O3S/c1-16-21(22(28)27(25(16)2)18-7-4-3-5-8-18)24-15-19-9-6-14-26(19)17-10-12-20(13-11-17)31(23,29)30/h3-15H,1-2H3,(H2,23,29,30). The smallest absolute Gasteiger partial charge is 0.297 e. The monoisotopic (exact) mass is 435 g/mol. The fourth-order valence-electron chi connectivity index (χ4n) is 3.36. The van der Waals surface area contributed by atoms with Crippen LogP contribution in [0.25, 0.3) is 11.4 Å². The highest BCUT2D eigenvalue weighted by molar-refractivity contribution is 7.89. The SMILES string of the molecule is Cc1c(N=Cc2cccn2-c2ccc(S(N)(=O)=O)cc2)c(=O)n(-c2ccccc2)n1C. The highest BCUT2D eigenvalue weighted by Crippen LogP contribution is 2.18. The molecule has 9 heteroatoms. The summed E-state index contributed by atoms with van der Waals surface area (Å²) in [4.78, 5) is 17.5. The molecule has 0 fully saturated rings. The molecule has 0 radical (unpaired) electrons. The lowest BCUT2D eigenvalue weighted by Gasteiger charge is -2.07. The van der Waals surface area contributed by atoms with E-state index in [0.717, 1.165) is 22.8 Å². The molecular weight excluding hydrogens is 414 g/mol. The first-order valence-corrected chi connectivity index (χ1v) is 11.0. The third-order valence-corrected chi connectivity index (χ3v) is 6.00. The number of rotatable bonds is 5. The Morgan fingerprint density at radius 2 is 1.61 bits per heavy atom. The van der Waals surface area contributed by atoms with Crippen molar-refractivity contribution in [2.45, 2.75) is 11.8 Å². The number of aliphatic imine (C=N–C) groups is 1. The van der Waals surface area contributed by atoms with Gasteiger partial charge in [-0.15, -0.1) is 0 Å². The van der Waals surface area contributed by atoms with Gasteiger partial charge in [0.2, 0.25) is 10.0 Å². The number of nitrogens with zero attached hydrogens (tertiary/aromatic N) is 4. The highest BCUT2D eigenvalue weighted by atomic mass is 32.2. The second kappa shape index (κ2) is 7.86. The number of sulfonamides is 1. The molecule has 0 unspecified atom stereocenters. The van der Waals surface area contributed by atoms with E-state index in [1.54, 1.807) is 27.7 Å². The van der Waals surface area contributed by atoms with Gasteiger partial charge in [0.1, 0.15) is 0 Å². The van der Waals surface area contributed by atoms with E-state index in [4.69, 9.17) is 5.14 Å². The lowest BCUT2D eigenvalue weighted by atomic mass is 10.3. The molecule has 0 aliphatic rings. The Kier molecular flexibility index (Phi) is 5.22. The van der Waals surface area contributed by atoms with E-state index in [9.17, 15) is 13.2 Å². The molecule has 0 saturated heterocycles. The van der Waals surface area contributed by atoms with E-state index in [0.29, 0.717) is 5.69 Å². The minimum Gasteiger partial charge on any atom is -0.316 e. The molecule has 2 aromatic carbocycles. The van der Waals surface area contributed by atoms with Crippen molar-refractivity contribution in [3.8, 4) is 11.4 Å². The van der Waals surface area contributed by atoms with E-state index in [1.165, 1.54) is 12.1 Å². The van der Waals surface area contributed by atoms with Gasteiger partial charge >= 0.3 is 0 Å². The average Bonchev–Trinajstić information content (AvgIpc) is 3.30. The maximum absolute atomic E-state index is 13.0. The summed E-state index contributed by atoms with van der Waals surface area (Å²) in [5.41, 5.74) is 3.11. The summed E-state index contributed by atoms with van der Waals surface area (Å²) in [6.45, 7) is 1.85. The molecule has 0 amide bonds. The summed E-state index contributed by atoms with van der Waals surface area (Å²) in [6, 6.07) is 19.3. The van der Waals surface area contributed by atoms with Gasteiger partial charge in [-0.2, -0.15) is 0 Å². The van der Waals surface area contributed by atoms with Crippen LogP contribution in [0.2, 0.25) is 0 Å². The molecule has 8 nitrogen and oxygen atoms in total. The average molecular weight is 436 g/mol. The third-order valence-electron chi connectivity index (χ3n) is 5.07. The van der Waals surface area contributed by atoms with Crippen LogP contribution in [0.5, 0.6) is 0 Å². The fourth-order valence-corrected chi connectivity index (χ4v) is 3.88. The number of para-hydroxylation sites is 1. The van der Waals surface area contributed by atoms with Gasteiger partial charge < -0.3 is 4.57 Å². The maximum Gasteiger partial charge on any atom is 0.297 e. The number of nitrogens with two attached hydrogens (primary N) is 1. The van der Waals surface area contributed by atoms with Crippen molar-refractivity contribution in [2.24, 2.45) is 17.2 Å². The van der Waals surface area contributed by atoms with Crippen molar-refractivity contribution in [1.29, 1.82) is 0 Å².